The molecule has 8 nitrogen and oxygen atoms in total. The average Bonchev–Trinajstić information content (AvgIpc) is 2.66. The molecular weight excluding hydrogens is 368 g/mol. The van der Waals surface area contributed by atoms with Gasteiger partial charge in [0.25, 0.3) is 0 Å². The van der Waals surface area contributed by atoms with E-state index in [-0.39, 0.29) is 19.4 Å². The van der Waals surface area contributed by atoms with Gasteiger partial charge in [0.2, 0.25) is 11.8 Å². The van der Waals surface area contributed by atoms with Crippen molar-refractivity contribution in [1.82, 2.24) is 15.6 Å². The van der Waals surface area contributed by atoms with Gasteiger partial charge in [0.1, 0.15) is 0 Å². The van der Waals surface area contributed by atoms with Crippen LogP contribution < -0.4 is 16.0 Å². The quantitative estimate of drug-likeness (QED) is 0.683. The first-order valence-electron chi connectivity index (χ1n) is 8.66. The molecule has 3 rings (SSSR count). The second-order valence-corrected chi connectivity index (χ2v) is 8.95. The molecule has 2 heterocycles. The molecule has 2 aromatic rings. The molecule has 0 bridgehead atoms. The Hall–Kier alpha value is -2.52. The summed E-state index contributed by atoms with van der Waals surface area (Å²) in [5, 5.41) is 9.14. The van der Waals surface area contributed by atoms with Gasteiger partial charge in [0.15, 0.2) is 14.6 Å². The van der Waals surface area contributed by atoms with E-state index in [1.807, 2.05) is 12.1 Å². The van der Waals surface area contributed by atoms with Crippen LogP contribution in [0.1, 0.15) is 12.8 Å². The van der Waals surface area contributed by atoms with E-state index in [1.54, 1.807) is 24.4 Å². The molecule has 2 amide bonds. The van der Waals surface area contributed by atoms with Crippen molar-refractivity contribution in [1.29, 1.82) is 0 Å². The summed E-state index contributed by atoms with van der Waals surface area (Å²) in [6.07, 6.45) is 3.07. The van der Waals surface area contributed by atoms with Gasteiger partial charge in [-0.25, -0.2) is 8.42 Å². The number of nitrogens with one attached hydrogen (secondary N) is 3. The van der Waals surface area contributed by atoms with Crippen molar-refractivity contribution >= 4 is 38.2 Å². The lowest BCUT2D eigenvalue weighted by Gasteiger charge is -2.34. The van der Waals surface area contributed by atoms with Crippen LogP contribution in [0, 0.1) is 0 Å². The van der Waals surface area contributed by atoms with E-state index < -0.39 is 26.4 Å². The van der Waals surface area contributed by atoms with Crippen LogP contribution in [-0.4, -0.2) is 55.9 Å². The van der Waals surface area contributed by atoms with Crippen LogP contribution in [0.15, 0.2) is 36.5 Å². The maximum absolute atomic E-state index is 12.6. The number of para-hydroxylation sites is 1. The number of fused-ring (bicyclic) bond motifs is 1. The lowest BCUT2D eigenvalue weighted by Crippen LogP contribution is -2.58. The molecule has 144 valence electrons. The number of hydrogen-bond acceptors (Lipinski definition) is 6. The van der Waals surface area contributed by atoms with E-state index in [0.717, 1.165) is 11.6 Å². The molecule has 27 heavy (non-hydrogen) atoms. The SMILES string of the molecule is CS(=O)(=O)C1(C(=O)NCC(=O)Nc2cccc3cccnc23)CCNCC1. The zero-order valence-electron chi connectivity index (χ0n) is 15.0. The van der Waals surface area contributed by atoms with Gasteiger partial charge >= 0.3 is 0 Å². The highest BCUT2D eigenvalue weighted by Gasteiger charge is 2.48. The molecule has 9 heteroatoms. The third kappa shape index (κ3) is 3.93. The van der Waals surface area contributed by atoms with Crippen LogP contribution >= 0.6 is 0 Å². The summed E-state index contributed by atoms with van der Waals surface area (Å²) in [6, 6.07) is 9.09. The van der Waals surface area contributed by atoms with Gasteiger partial charge in [-0.2, -0.15) is 0 Å². The molecule has 3 N–H and O–H groups in total. The van der Waals surface area contributed by atoms with Crippen molar-refractivity contribution in [3.63, 3.8) is 0 Å². The number of hydrogen-bond donors (Lipinski definition) is 3. The Labute approximate surface area is 157 Å². The summed E-state index contributed by atoms with van der Waals surface area (Å²) in [6.45, 7) is 0.565. The lowest BCUT2D eigenvalue weighted by molar-refractivity contribution is -0.126. The van der Waals surface area contributed by atoms with Crippen molar-refractivity contribution in [2.45, 2.75) is 17.6 Å². The second-order valence-electron chi connectivity index (χ2n) is 6.63. The number of amides is 2. The van der Waals surface area contributed by atoms with Gasteiger partial charge in [-0.05, 0) is 38.1 Å². The Balaban J connectivity index is 1.68. The number of anilines is 1. The minimum atomic E-state index is -3.62. The smallest absolute Gasteiger partial charge is 0.243 e. The molecule has 0 atom stereocenters. The average molecular weight is 390 g/mol. The number of carbonyl (C=O) groups is 2. The zero-order valence-corrected chi connectivity index (χ0v) is 15.8. The summed E-state index contributed by atoms with van der Waals surface area (Å²) < 4.78 is 23.0. The normalized spacial score (nSPS) is 16.6. The van der Waals surface area contributed by atoms with Crippen LogP contribution in [0.3, 0.4) is 0 Å². The minimum Gasteiger partial charge on any atom is -0.346 e. The van der Waals surface area contributed by atoms with E-state index in [0.29, 0.717) is 24.3 Å². The first kappa shape index (κ1) is 19.2. The fourth-order valence-corrected chi connectivity index (χ4v) is 4.67. The van der Waals surface area contributed by atoms with Gasteiger partial charge in [0, 0.05) is 17.8 Å². The number of aromatic nitrogens is 1. The zero-order chi connectivity index (χ0) is 19.5. The van der Waals surface area contributed by atoms with Gasteiger partial charge in [-0.1, -0.05) is 18.2 Å². The maximum atomic E-state index is 12.6. The van der Waals surface area contributed by atoms with Crippen LogP contribution in [0.25, 0.3) is 10.9 Å². The van der Waals surface area contributed by atoms with Gasteiger partial charge in [-0.15, -0.1) is 0 Å². The molecule has 1 aliphatic heterocycles. The summed E-state index contributed by atoms with van der Waals surface area (Å²) in [5.41, 5.74) is 1.18. The number of sulfone groups is 1. The van der Waals surface area contributed by atoms with Crippen molar-refractivity contribution in [3.8, 4) is 0 Å². The highest BCUT2D eigenvalue weighted by molar-refractivity contribution is 7.92. The summed E-state index contributed by atoms with van der Waals surface area (Å²) in [5.74, 6) is -1.07. The first-order valence-corrected chi connectivity index (χ1v) is 10.5. The van der Waals surface area contributed by atoms with E-state index in [4.69, 9.17) is 0 Å². The van der Waals surface area contributed by atoms with E-state index >= 15 is 0 Å². The third-order valence-electron chi connectivity index (χ3n) is 4.85. The van der Waals surface area contributed by atoms with Crippen LogP contribution in [-0.2, 0) is 19.4 Å². The first-order chi connectivity index (χ1) is 12.8. The summed E-state index contributed by atoms with van der Waals surface area (Å²) in [7, 11) is -3.62. The monoisotopic (exact) mass is 390 g/mol. The highest BCUT2D eigenvalue weighted by atomic mass is 32.2. The molecule has 1 saturated heterocycles. The lowest BCUT2D eigenvalue weighted by atomic mass is 9.96. The number of pyridine rings is 1. The predicted molar refractivity (Wildman–Crippen MR) is 103 cm³/mol. The van der Waals surface area contributed by atoms with Crippen molar-refractivity contribution in [2.24, 2.45) is 0 Å². The third-order valence-corrected chi connectivity index (χ3v) is 6.86. The van der Waals surface area contributed by atoms with Gasteiger partial charge in [0.05, 0.1) is 17.7 Å². The number of carbonyl (C=O) groups excluding carboxylic acids is 2. The molecule has 1 aromatic heterocycles. The fourth-order valence-electron chi connectivity index (χ4n) is 3.32. The van der Waals surface area contributed by atoms with Crippen LogP contribution in [0.4, 0.5) is 5.69 Å². The molecule has 0 spiro atoms. The fraction of sp³-hybridized carbons (Fsp3) is 0.389. The summed E-state index contributed by atoms with van der Waals surface area (Å²) >= 11 is 0. The molecule has 1 fully saturated rings. The van der Waals surface area contributed by atoms with Crippen molar-refractivity contribution < 1.29 is 18.0 Å². The van der Waals surface area contributed by atoms with E-state index in [9.17, 15) is 18.0 Å². The Morgan fingerprint density at radius 2 is 1.89 bits per heavy atom. The van der Waals surface area contributed by atoms with Gasteiger partial charge < -0.3 is 16.0 Å². The molecule has 0 aliphatic carbocycles. The largest absolute Gasteiger partial charge is 0.346 e. The summed E-state index contributed by atoms with van der Waals surface area (Å²) in [4.78, 5) is 29.2. The number of benzene rings is 1. The molecular formula is C18H22N4O4S. The van der Waals surface area contributed by atoms with E-state index in [2.05, 4.69) is 20.9 Å². The van der Waals surface area contributed by atoms with Crippen molar-refractivity contribution in [2.75, 3.05) is 31.2 Å². The van der Waals surface area contributed by atoms with Crippen molar-refractivity contribution in [3.05, 3.63) is 36.5 Å². The Morgan fingerprint density at radius 1 is 1.19 bits per heavy atom. The molecule has 0 saturated carbocycles. The standard InChI is InChI=1S/C18H22N4O4S/c1-27(25,26)18(7-10-19-11-8-18)17(24)21-12-15(23)22-14-6-2-4-13-5-3-9-20-16(13)14/h2-6,9,19H,7-8,10-12H2,1H3,(H,21,24)(H,22,23). The molecule has 1 aliphatic rings. The maximum Gasteiger partial charge on any atom is 0.243 e. The van der Waals surface area contributed by atoms with Gasteiger partial charge in [-0.3, -0.25) is 14.6 Å². The Kier molecular flexibility index (Phi) is 5.43. The Morgan fingerprint density at radius 3 is 2.59 bits per heavy atom. The molecule has 1 aromatic carbocycles. The number of rotatable bonds is 5. The Bertz CT molecular complexity index is 963. The highest BCUT2D eigenvalue weighted by Crippen LogP contribution is 2.28. The molecule has 0 radical (unpaired) electrons. The van der Waals surface area contributed by atoms with E-state index in [1.165, 1.54) is 0 Å². The van der Waals surface area contributed by atoms with Crippen LogP contribution in [0.2, 0.25) is 0 Å². The predicted octanol–water partition coefficient (Wildman–Crippen LogP) is 0.456. The molecule has 0 unspecified atom stereocenters. The topological polar surface area (TPSA) is 117 Å². The van der Waals surface area contributed by atoms with Crippen LogP contribution in [0.5, 0.6) is 0 Å². The second kappa shape index (κ2) is 7.61. The number of piperidine rings is 1. The minimum absolute atomic E-state index is 0.187. The number of nitrogens with zero attached hydrogens (tertiary/aromatic N) is 1.